The highest BCUT2D eigenvalue weighted by Crippen LogP contribution is 2.44. The lowest BCUT2D eigenvalue weighted by molar-refractivity contribution is -0.154. The fraction of sp³-hybridized carbons (Fsp3) is 0.773. The third kappa shape index (κ3) is 17.4. The van der Waals surface area contributed by atoms with Gasteiger partial charge in [-0.25, -0.2) is 9.59 Å². The van der Waals surface area contributed by atoms with Gasteiger partial charge in [0.05, 0.1) is 18.1 Å². The minimum Gasteiger partial charge on any atom is -0.481 e. The average Bonchev–Trinajstić information content (AvgIpc) is 2.72. The van der Waals surface area contributed by atoms with Crippen molar-refractivity contribution in [1.82, 2.24) is 4.90 Å². The molecule has 0 bridgehead atoms. The fourth-order valence-electron chi connectivity index (χ4n) is 2.34. The normalized spacial score (nSPS) is 14.2. The van der Waals surface area contributed by atoms with Gasteiger partial charge in [-0.3, -0.25) is 23.4 Å². The molecule has 37 heavy (non-hydrogen) atoms. The molecule has 0 heterocycles. The predicted molar refractivity (Wildman–Crippen MR) is 128 cm³/mol. The van der Waals surface area contributed by atoms with E-state index in [4.69, 9.17) is 37.8 Å². The van der Waals surface area contributed by atoms with Gasteiger partial charge in [-0.15, -0.1) is 0 Å². The largest absolute Gasteiger partial charge is 0.510 e. The van der Waals surface area contributed by atoms with Crippen LogP contribution in [0.3, 0.4) is 0 Å². The summed E-state index contributed by atoms with van der Waals surface area (Å²) in [6.45, 7) is 8.69. The summed E-state index contributed by atoms with van der Waals surface area (Å²) in [6, 6.07) is 0. The molecular weight excluding hydrogens is 517 g/mol. The number of hydrogen-bond donors (Lipinski definition) is 1. The van der Waals surface area contributed by atoms with E-state index in [0.717, 1.165) is 0 Å². The molecule has 1 amide bonds. The van der Waals surface area contributed by atoms with E-state index in [0.29, 0.717) is 0 Å². The number of aliphatic carboxylic acids is 1. The van der Waals surface area contributed by atoms with Crippen LogP contribution in [0.1, 0.15) is 54.4 Å². The molecule has 0 aliphatic carbocycles. The van der Waals surface area contributed by atoms with Crippen LogP contribution in [-0.2, 0) is 47.1 Å². The molecule has 3 unspecified atom stereocenters. The van der Waals surface area contributed by atoms with Crippen LogP contribution in [0.4, 0.5) is 9.59 Å². The van der Waals surface area contributed by atoms with E-state index in [2.05, 4.69) is 0 Å². The van der Waals surface area contributed by atoms with Crippen LogP contribution in [0.25, 0.3) is 0 Å². The first-order chi connectivity index (χ1) is 17.1. The number of carboxylic acids is 1. The summed E-state index contributed by atoms with van der Waals surface area (Å²) in [5.41, 5.74) is 0. The van der Waals surface area contributed by atoms with E-state index in [1.165, 1.54) is 32.8 Å². The number of carbonyl (C=O) groups is 5. The molecule has 0 aromatic carbocycles. The van der Waals surface area contributed by atoms with Crippen LogP contribution in [-0.4, -0.2) is 91.8 Å². The number of hydrogen-bond acceptors (Lipinski definition) is 12. The number of ether oxygens (including phenoxy) is 5. The summed E-state index contributed by atoms with van der Waals surface area (Å²) >= 11 is 0. The van der Waals surface area contributed by atoms with Crippen molar-refractivity contribution in [3.8, 4) is 0 Å². The van der Waals surface area contributed by atoms with Gasteiger partial charge in [0.1, 0.15) is 0 Å². The Balaban J connectivity index is 5.57. The monoisotopic (exact) mass is 555 g/mol. The molecule has 0 fully saturated rings. The minimum atomic E-state index is -2.14. The van der Waals surface area contributed by atoms with Gasteiger partial charge < -0.3 is 33.7 Å². The lowest BCUT2D eigenvalue weighted by atomic mass is 10.1. The number of carboxylic acid groups (broad SMARTS) is 1. The third-order valence-corrected chi connectivity index (χ3v) is 5.77. The number of rotatable bonds is 16. The van der Waals surface area contributed by atoms with Crippen molar-refractivity contribution in [3.63, 3.8) is 0 Å². The maximum atomic E-state index is 12.7. The van der Waals surface area contributed by atoms with E-state index in [1.807, 2.05) is 0 Å². The lowest BCUT2D eigenvalue weighted by Gasteiger charge is -2.27. The van der Waals surface area contributed by atoms with Gasteiger partial charge in [0.2, 0.25) is 12.6 Å². The molecule has 0 saturated carbocycles. The number of nitrogens with zero attached hydrogens (tertiary/aromatic N) is 1. The van der Waals surface area contributed by atoms with E-state index in [-0.39, 0.29) is 19.0 Å². The number of likely N-dealkylation sites (N-methyl/N-ethyl adjacent to an activating group) is 1. The SMILES string of the molecule is CC(C)OC(=O)OC(C)OP(CC(CCC(=O)O)C(=O)OCC(=O)N(C)C)OC(C)OC(=O)OC(C)C. The minimum absolute atomic E-state index is 0.162. The van der Waals surface area contributed by atoms with Crippen LogP contribution in [0.15, 0.2) is 0 Å². The molecular formula is C22H38NO13P. The highest BCUT2D eigenvalue weighted by molar-refractivity contribution is 7.47. The maximum Gasteiger partial charge on any atom is 0.510 e. The van der Waals surface area contributed by atoms with E-state index in [9.17, 15) is 24.0 Å². The molecule has 1 N–H and O–H groups in total. The van der Waals surface area contributed by atoms with Gasteiger partial charge in [-0.2, -0.15) is 0 Å². The van der Waals surface area contributed by atoms with E-state index < -0.39 is 75.8 Å². The van der Waals surface area contributed by atoms with Crippen molar-refractivity contribution in [2.24, 2.45) is 5.92 Å². The molecule has 15 heteroatoms. The second kappa shape index (κ2) is 17.7. The van der Waals surface area contributed by atoms with Crippen LogP contribution < -0.4 is 0 Å². The molecule has 0 saturated heterocycles. The van der Waals surface area contributed by atoms with Crippen molar-refractivity contribution < 1.29 is 61.8 Å². The Hall–Kier alpha value is -2.70. The first-order valence-corrected chi connectivity index (χ1v) is 12.9. The second-order valence-electron chi connectivity index (χ2n) is 8.46. The number of esters is 1. The summed E-state index contributed by atoms with van der Waals surface area (Å²) in [7, 11) is 0.828. The smallest absolute Gasteiger partial charge is 0.481 e. The topological polar surface area (TPSA) is 173 Å². The Labute approximate surface area is 217 Å². The first kappa shape index (κ1) is 34.3. The molecule has 0 aromatic heterocycles. The molecule has 0 aliphatic rings. The van der Waals surface area contributed by atoms with Crippen LogP contribution >= 0.6 is 8.38 Å². The molecule has 0 radical (unpaired) electrons. The average molecular weight is 556 g/mol. The summed E-state index contributed by atoms with van der Waals surface area (Å²) in [5.74, 6) is -3.55. The molecule has 0 aliphatic heterocycles. The zero-order valence-corrected chi connectivity index (χ0v) is 23.4. The van der Waals surface area contributed by atoms with Crippen molar-refractivity contribution in [3.05, 3.63) is 0 Å². The van der Waals surface area contributed by atoms with Crippen LogP contribution in [0, 0.1) is 5.92 Å². The molecule has 214 valence electrons. The lowest BCUT2D eigenvalue weighted by Crippen LogP contribution is -2.31. The van der Waals surface area contributed by atoms with Gasteiger partial charge in [0, 0.05) is 26.7 Å². The van der Waals surface area contributed by atoms with Gasteiger partial charge in [-0.1, -0.05) is 0 Å². The Morgan fingerprint density at radius 1 is 0.784 bits per heavy atom. The summed E-state index contributed by atoms with van der Waals surface area (Å²) in [6.07, 6.45) is -6.10. The van der Waals surface area contributed by atoms with Gasteiger partial charge in [0.25, 0.3) is 5.91 Å². The van der Waals surface area contributed by atoms with Gasteiger partial charge in [0.15, 0.2) is 15.0 Å². The first-order valence-electron chi connectivity index (χ1n) is 11.5. The molecule has 3 atom stereocenters. The highest BCUT2D eigenvalue weighted by atomic mass is 31.2. The zero-order chi connectivity index (χ0) is 28.7. The van der Waals surface area contributed by atoms with Crippen molar-refractivity contribution in [2.75, 3.05) is 26.9 Å². The zero-order valence-electron chi connectivity index (χ0n) is 22.5. The molecule has 0 aromatic rings. The summed E-state index contributed by atoms with van der Waals surface area (Å²) < 4.78 is 36.2. The summed E-state index contributed by atoms with van der Waals surface area (Å²) in [5, 5.41) is 9.09. The van der Waals surface area contributed by atoms with Crippen LogP contribution in [0.2, 0.25) is 0 Å². The fourth-order valence-corrected chi connectivity index (χ4v) is 4.00. The third-order valence-electron chi connectivity index (χ3n) is 3.97. The summed E-state index contributed by atoms with van der Waals surface area (Å²) in [4.78, 5) is 60.5. The second-order valence-corrected chi connectivity index (χ2v) is 9.91. The standard InChI is InChI=1S/C22H38NO13P/c1-13(2)31-21(28)33-15(5)35-37(36-16(6)34-22(29)32-14(3)4)12-17(9-10-19(25)26)20(27)30-11-18(24)23(7)8/h13-17H,9-12H2,1-8H3,(H,25,26). The molecule has 0 spiro atoms. The van der Waals surface area contributed by atoms with Crippen molar-refractivity contribution in [2.45, 2.75) is 79.2 Å². The number of amides is 1. The quantitative estimate of drug-likeness (QED) is 0.127. The Bertz CT molecular complexity index is 727. The molecule has 0 rings (SSSR count). The maximum absolute atomic E-state index is 12.7. The van der Waals surface area contributed by atoms with Gasteiger partial charge >= 0.3 is 24.2 Å². The predicted octanol–water partition coefficient (Wildman–Crippen LogP) is 3.26. The highest BCUT2D eigenvalue weighted by Gasteiger charge is 2.31. The van der Waals surface area contributed by atoms with Crippen molar-refractivity contribution in [1.29, 1.82) is 0 Å². The van der Waals surface area contributed by atoms with Gasteiger partial charge in [-0.05, 0) is 48.0 Å². The van der Waals surface area contributed by atoms with E-state index in [1.54, 1.807) is 27.7 Å². The Kier molecular flexibility index (Phi) is 16.4. The Morgan fingerprint density at radius 3 is 1.62 bits per heavy atom. The van der Waals surface area contributed by atoms with Crippen LogP contribution in [0.5, 0.6) is 0 Å². The van der Waals surface area contributed by atoms with E-state index >= 15 is 0 Å². The number of carbonyl (C=O) groups excluding carboxylic acids is 4. The van der Waals surface area contributed by atoms with Crippen molar-refractivity contribution >= 4 is 38.5 Å². The molecule has 14 nitrogen and oxygen atoms in total. The Morgan fingerprint density at radius 2 is 1.24 bits per heavy atom.